The standard InChI is InChI=1S/C21H23N5O3S/c1-14(27)22-17-2-4-18(5-3-17)23-19(28)12-26-9-6-15(7-10-26)20-24-25-21(29-20)16-8-11-30-13-16/h2-5,8,11,13,15H,6-7,9-10,12H2,1H3,(H,22,27)(H,23,28). The van der Waals surface area contributed by atoms with Crippen LogP contribution in [0.25, 0.3) is 11.5 Å². The Morgan fingerprint density at radius 3 is 2.43 bits per heavy atom. The van der Waals surface area contributed by atoms with E-state index in [4.69, 9.17) is 4.42 Å². The fourth-order valence-electron chi connectivity index (χ4n) is 3.48. The van der Waals surface area contributed by atoms with E-state index in [9.17, 15) is 9.59 Å². The maximum absolute atomic E-state index is 12.4. The second-order valence-electron chi connectivity index (χ2n) is 7.31. The van der Waals surface area contributed by atoms with Crippen molar-refractivity contribution in [3.63, 3.8) is 0 Å². The molecule has 156 valence electrons. The van der Waals surface area contributed by atoms with Crippen LogP contribution in [0.4, 0.5) is 11.4 Å². The number of hydrogen-bond donors (Lipinski definition) is 2. The Bertz CT molecular complexity index is 992. The van der Waals surface area contributed by atoms with Crippen molar-refractivity contribution in [2.24, 2.45) is 0 Å². The van der Waals surface area contributed by atoms with E-state index in [0.717, 1.165) is 31.5 Å². The molecule has 0 saturated carbocycles. The van der Waals surface area contributed by atoms with Gasteiger partial charge in [-0.2, -0.15) is 11.3 Å². The summed E-state index contributed by atoms with van der Waals surface area (Å²) in [4.78, 5) is 25.6. The van der Waals surface area contributed by atoms with Gasteiger partial charge < -0.3 is 15.1 Å². The summed E-state index contributed by atoms with van der Waals surface area (Å²) in [6.07, 6.45) is 1.76. The number of nitrogens with zero attached hydrogens (tertiary/aromatic N) is 3. The number of nitrogens with one attached hydrogen (secondary N) is 2. The predicted octanol–water partition coefficient (Wildman–Crippen LogP) is 3.57. The van der Waals surface area contributed by atoms with Gasteiger partial charge in [0.15, 0.2) is 0 Å². The normalized spacial score (nSPS) is 15.1. The summed E-state index contributed by atoms with van der Waals surface area (Å²) in [5.74, 6) is 1.29. The predicted molar refractivity (Wildman–Crippen MR) is 115 cm³/mol. The summed E-state index contributed by atoms with van der Waals surface area (Å²) < 4.78 is 5.86. The number of rotatable bonds is 6. The van der Waals surface area contributed by atoms with Crippen molar-refractivity contribution in [1.82, 2.24) is 15.1 Å². The van der Waals surface area contributed by atoms with Crippen LogP contribution in [0.5, 0.6) is 0 Å². The lowest BCUT2D eigenvalue weighted by atomic mass is 9.97. The van der Waals surface area contributed by atoms with Crippen molar-refractivity contribution >= 4 is 34.5 Å². The minimum Gasteiger partial charge on any atom is -0.420 e. The van der Waals surface area contributed by atoms with E-state index in [1.807, 2.05) is 16.8 Å². The van der Waals surface area contributed by atoms with Gasteiger partial charge in [0.1, 0.15) is 0 Å². The molecule has 9 heteroatoms. The molecule has 0 radical (unpaired) electrons. The van der Waals surface area contributed by atoms with Crippen LogP contribution < -0.4 is 10.6 Å². The zero-order chi connectivity index (χ0) is 20.9. The molecule has 1 aliphatic rings. The summed E-state index contributed by atoms with van der Waals surface area (Å²) in [6.45, 7) is 3.40. The molecule has 0 atom stereocenters. The summed E-state index contributed by atoms with van der Waals surface area (Å²) in [6, 6.07) is 9.04. The van der Waals surface area contributed by atoms with E-state index in [1.54, 1.807) is 35.6 Å². The zero-order valence-electron chi connectivity index (χ0n) is 16.6. The maximum Gasteiger partial charge on any atom is 0.248 e. The van der Waals surface area contributed by atoms with Crippen molar-refractivity contribution in [2.75, 3.05) is 30.3 Å². The largest absolute Gasteiger partial charge is 0.420 e. The Hall–Kier alpha value is -3.04. The van der Waals surface area contributed by atoms with E-state index in [2.05, 4.69) is 25.7 Å². The Labute approximate surface area is 178 Å². The Kier molecular flexibility index (Phi) is 6.20. The number of thiophene rings is 1. The molecule has 2 aromatic heterocycles. The SMILES string of the molecule is CC(=O)Nc1ccc(NC(=O)CN2CCC(c3nnc(-c4ccsc4)o3)CC2)cc1. The molecule has 1 fully saturated rings. The summed E-state index contributed by atoms with van der Waals surface area (Å²) in [5.41, 5.74) is 2.36. The molecule has 4 rings (SSSR count). The van der Waals surface area contributed by atoms with Crippen molar-refractivity contribution in [3.05, 3.63) is 47.0 Å². The van der Waals surface area contributed by atoms with E-state index in [1.165, 1.54) is 6.92 Å². The molecule has 0 aliphatic carbocycles. The van der Waals surface area contributed by atoms with Crippen LogP contribution in [0.3, 0.4) is 0 Å². The highest BCUT2D eigenvalue weighted by Gasteiger charge is 2.26. The number of benzene rings is 1. The molecule has 3 aromatic rings. The van der Waals surface area contributed by atoms with Gasteiger partial charge in [0.2, 0.25) is 23.6 Å². The molecular formula is C21H23N5O3S. The molecule has 2 amide bonds. The second kappa shape index (κ2) is 9.19. The molecule has 1 saturated heterocycles. The average molecular weight is 426 g/mol. The average Bonchev–Trinajstić information content (AvgIpc) is 3.41. The van der Waals surface area contributed by atoms with E-state index < -0.39 is 0 Å². The van der Waals surface area contributed by atoms with Gasteiger partial charge in [0.25, 0.3) is 0 Å². The molecule has 0 unspecified atom stereocenters. The molecule has 8 nitrogen and oxygen atoms in total. The highest BCUT2D eigenvalue weighted by molar-refractivity contribution is 7.08. The minimum absolute atomic E-state index is 0.0572. The lowest BCUT2D eigenvalue weighted by molar-refractivity contribution is -0.117. The summed E-state index contributed by atoms with van der Waals surface area (Å²) in [7, 11) is 0. The lowest BCUT2D eigenvalue weighted by Crippen LogP contribution is -2.38. The second-order valence-corrected chi connectivity index (χ2v) is 8.09. The quantitative estimate of drug-likeness (QED) is 0.626. The number of carbonyl (C=O) groups excluding carboxylic acids is 2. The van der Waals surface area contributed by atoms with Crippen molar-refractivity contribution < 1.29 is 14.0 Å². The van der Waals surface area contributed by atoms with Crippen molar-refractivity contribution in [2.45, 2.75) is 25.7 Å². The summed E-state index contributed by atoms with van der Waals surface area (Å²) in [5, 5.41) is 18.0. The monoisotopic (exact) mass is 425 g/mol. The Morgan fingerprint density at radius 1 is 1.10 bits per heavy atom. The van der Waals surface area contributed by atoms with Crippen molar-refractivity contribution in [1.29, 1.82) is 0 Å². The molecule has 1 aromatic carbocycles. The highest BCUT2D eigenvalue weighted by atomic mass is 32.1. The molecular weight excluding hydrogens is 402 g/mol. The smallest absolute Gasteiger partial charge is 0.248 e. The van der Waals surface area contributed by atoms with Crippen LogP contribution in [0, 0.1) is 0 Å². The number of amides is 2. The van der Waals surface area contributed by atoms with Gasteiger partial charge in [-0.15, -0.1) is 10.2 Å². The first-order valence-corrected chi connectivity index (χ1v) is 10.8. The molecule has 3 heterocycles. The Morgan fingerprint density at radius 2 is 1.80 bits per heavy atom. The number of likely N-dealkylation sites (tertiary alicyclic amines) is 1. The third-order valence-corrected chi connectivity index (χ3v) is 5.69. The van der Waals surface area contributed by atoms with E-state index in [0.29, 0.717) is 29.7 Å². The first-order chi connectivity index (χ1) is 14.6. The fraction of sp³-hybridized carbons (Fsp3) is 0.333. The maximum atomic E-state index is 12.4. The van der Waals surface area contributed by atoms with Crippen molar-refractivity contribution in [3.8, 4) is 11.5 Å². The van der Waals surface area contributed by atoms with Gasteiger partial charge in [-0.1, -0.05) is 0 Å². The number of hydrogen-bond acceptors (Lipinski definition) is 7. The molecule has 0 spiro atoms. The van der Waals surface area contributed by atoms with Gasteiger partial charge >= 0.3 is 0 Å². The highest BCUT2D eigenvalue weighted by Crippen LogP contribution is 2.29. The van der Waals surface area contributed by atoms with Crippen LogP contribution in [-0.2, 0) is 9.59 Å². The molecule has 30 heavy (non-hydrogen) atoms. The van der Waals surface area contributed by atoms with Crippen LogP contribution in [0.2, 0.25) is 0 Å². The fourth-order valence-corrected chi connectivity index (χ4v) is 4.11. The third kappa shape index (κ3) is 5.11. The van der Waals surface area contributed by atoms with Crippen LogP contribution in [0.1, 0.15) is 31.6 Å². The number of piperidine rings is 1. The van der Waals surface area contributed by atoms with Gasteiger partial charge in [0.05, 0.1) is 6.54 Å². The number of aromatic nitrogens is 2. The summed E-state index contributed by atoms with van der Waals surface area (Å²) >= 11 is 1.60. The van der Waals surface area contributed by atoms with Gasteiger partial charge in [0, 0.05) is 35.2 Å². The Balaban J connectivity index is 1.24. The van der Waals surface area contributed by atoms with Gasteiger partial charge in [-0.3, -0.25) is 14.5 Å². The molecule has 1 aliphatic heterocycles. The topological polar surface area (TPSA) is 100 Å². The molecule has 2 N–H and O–H groups in total. The zero-order valence-corrected chi connectivity index (χ0v) is 17.4. The lowest BCUT2D eigenvalue weighted by Gasteiger charge is -2.29. The number of anilines is 2. The van der Waals surface area contributed by atoms with E-state index in [-0.39, 0.29) is 17.7 Å². The number of carbonyl (C=O) groups is 2. The van der Waals surface area contributed by atoms with Gasteiger partial charge in [-0.25, -0.2) is 0 Å². The molecule has 0 bridgehead atoms. The van der Waals surface area contributed by atoms with Gasteiger partial charge in [-0.05, 0) is 61.6 Å². The first kappa shape index (κ1) is 20.2. The van der Waals surface area contributed by atoms with Crippen LogP contribution in [-0.4, -0.2) is 46.5 Å². The van der Waals surface area contributed by atoms with Crippen LogP contribution >= 0.6 is 11.3 Å². The minimum atomic E-state index is -0.126. The van der Waals surface area contributed by atoms with E-state index >= 15 is 0 Å². The third-order valence-electron chi connectivity index (χ3n) is 5.00. The first-order valence-electron chi connectivity index (χ1n) is 9.82. The van der Waals surface area contributed by atoms with Crippen LogP contribution in [0.15, 0.2) is 45.5 Å².